The number of fused-ring (bicyclic) bond motifs is 1. The molecule has 0 bridgehead atoms. The topological polar surface area (TPSA) is 74.5 Å². The van der Waals surface area contributed by atoms with E-state index in [1.165, 1.54) is 32.4 Å². The highest BCUT2D eigenvalue weighted by atomic mass is 16.1. The third kappa shape index (κ3) is 4.24. The molecule has 0 saturated carbocycles. The molecule has 3 heterocycles. The van der Waals surface area contributed by atoms with Gasteiger partial charge in [-0.15, -0.1) is 0 Å². The Kier molecular flexibility index (Phi) is 5.57. The van der Waals surface area contributed by atoms with Crippen molar-refractivity contribution in [2.45, 2.75) is 51.6 Å². The second-order valence-electron chi connectivity index (χ2n) is 7.82. The number of guanidine groups is 1. The Balaban J connectivity index is 1.53. The molecule has 7 heteroatoms. The molecule has 1 fully saturated rings. The van der Waals surface area contributed by atoms with Crippen molar-refractivity contribution in [3.63, 3.8) is 0 Å². The van der Waals surface area contributed by atoms with Crippen LogP contribution in [0.3, 0.4) is 0 Å². The van der Waals surface area contributed by atoms with Gasteiger partial charge in [0, 0.05) is 24.2 Å². The Morgan fingerprint density at radius 3 is 2.89 bits per heavy atom. The van der Waals surface area contributed by atoms with E-state index >= 15 is 0 Å². The third-order valence-corrected chi connectivity index (χ3v) is 5.76. The summed E-state index contributed by atoms with van der Waals surface area (Å²) in [4.78, 5) is 24.5. The molecule has 3 aliphatic rings. The van der Waals surface area contributed by atoms with E-state index in [1.807, 2.05) is 6.92 Å². The second-order valence-corrected chi connectivity index (χ2v) is 7.82. The van der Waals surface area contributed by atoms with Crippen LogP contribution in [0.5, 0.6) is 0 Å². The lowest BCUT2D eigenvalue weighted by Gasteiger charge is -2.36. The van der Waals surface area contributed by atoms with Gasteiger partial charge in [0.05, 0.1) is 6.54 Å². The lowest BCUT2D eigenvalue weighted by Crippen LogP contribution is -2.50. The van der Waals surface area contributed by atoms with E-state index in [-0.39, 0.29) is 11.7 Å². The zero-order chi connectivity index (χ0) is 18.6. The van der Waals surface area contributed by atoms with Crippen molar-refractivity contribution >= 4 is 11.9 Å². The number of hydrogen-bond donors (Lipinski definition) is 2. The summed E-state index contributed by atoms with van der Waals surface area (Å²) in [5.41, 5.74) is 0.722. The van der Waals surface area contributed by atoms with Crippen LogP contribution in [0.2, 0.25) is 0 Å². The Bertz CT molecular complexity index is 777. The zero-order valence-electron chi connectivity index (χ0n) is 16.2. The standard InChI is InChI=1S/C20H30N6O/c1-15-14-17(27)26-18(16-8-4-2-5-9-16)23-19(24-20(26)22-15)21-10-13-25-11-6-3-7-12-25/h2,4,14,16,18H,3,5-13H2,1H3,(H2,21,22,23,24)/t16-,18-/m0/s1. The predicted molar refractivity (Wildman–Crippen MR) is 108 cm³/mol. The predicted octanol–water partition coefficient (Wildman–Crippen LogP) is 2.26. The molecule has 2 N–H and O–H groups in total. The van der Waals surface area contributed by atoms with E-state index in [0.717, 1.165) is 44.0 Å². The zero-order valence-corrected chi connectivity index (χ0v) is 16.2. The minimum absolute atomic E-state index is 0.00980. The third-order valence-electron chi connectivity index (χ3n) is 5.76. The van der Waals surface area contributed by atoms with Crippen molar-refractivity contribution in [2.24, 2.45) is 10.9 Å². The summed E-state index contributed by atoms with van der Waals surface area (Å²) in [6.07, 6.45) is 11.4. The first-order chi connectivity index (χ1) is 13.2. The largest absolute Gasteiger partial charge is 0.335 e. The molecular weight excluding hydrogens is 340 g/mol. The molecule has 1 aromatic rings. The minimum atomic E-state index is -0.0967. The summed E-state index contributed by atoms with van der Waals surface area (Å²) in [6.45, 7) is 5.96. The second kappa shape index (κ2) is 8.25. The first-order valence-corrected chi connectivity index (χ1v) is 10.3. The molecule has 1 aliphatic carbocycles. The molecule has 27 heavy (non-hydrogen) atoms. The van der Waals surface area contributed by atoms with Gasteiger partial charge < -0.3 is 10.2 Å². The van der Waals surface area contributed by atoms with Crippen LogP contribution in [-0.2, 0) is 0 Å². The van der Waals surface area contributed by atoms with Crippen LogP contribution >= 0.6 is 0 Å². The maximum Gasteiger partial charge on any atom is 0.256 e. The van der Waals surface area contributed by atoms with Crippen LogP contribution in [-0.4, -0.2) is 46.6 Å². The van der Waals surface area contributed by atoms with Crippen molar-refractivity contribution in [1.29, 1.82) is 0 Å². The van der Waals surface area contributed by atoms with Crippen LogP contribution in [0.1, 0.15) is 50.4 Å². The summed E-state index contributed by atoms with van der Waals surface area (Å²) >= 11 is 0. The highest BCUT2D eigenvalue weighted by Gasteiger charge is 2.31. The number of rotatable bonds is 4. The average molecular weight is 371 g/mol. The SMILES string of the molecule is Cc1cc(=O)n2c(n1)NC(=NCCN1CCCCC1)N[C@@H]2[C@H]1CC=CCC1. The number of piperidine rings is 1. The number of likely N-dealkylation sites (tertiary alicyclic amines) is 1. The summed E-state index contributed by atoms with van der Waals surface area (Å²) in [7, 11) is 0. The summed E-state index contributed by atoms with van der Waals surface area (Å²) < 4.78 is 1.76. The Morgan fingerprint density at radius 1 is 1.26 bits per heavy atom. The maximum atomic E-state index is 12.6. The summed E-state index contributed by atoms with van der Waals surface area (Å²) in [5.74, 6) is 1.71. The smallest absolute Gasteiger partial charge is 0.256 e. The molecule has 0 aromatic carbocycles. The number of anilines is 1. The fourth-order valence-corrected chi connectivity index (χ4v) is 4.31. The molecular formula is C20H30N6O. The van der Waals surface area contributed by atoms with Gasteiger partial charge in [-0.25, -0.2) is 4.98 Å². The summed E-state index contributed by atoms with van der Waals surface area (Å²) in [5, 5.41) is 6.73. The summed E-state index contributed by atoms with van der Waals surface area (Å²) in [6, 6.07) is 1.61. The van der Waals surface area contributed by atoms with Gasteiger partial charge in [0.15, 0.2) is 5.96 Å². The highest BCUT2D eigenvalue weighted by molar-refractivity contribution is 5.93. The fourth-order valence-electron chi connectivity index (χ4n) is 4.31. The van der Waals surface area contributed by atoms with Gasteiger partial charge in [0.25, 0.3) is 5.56 Å². The van der Waals surface area contributed by atoms with Crippen molar-refractivity contribution in [1.82, 2.24) is 19.8 Å². The van der Waals surface area contributed by atoms with Crippen LogP contribution in [0.4, 0.5) is 5.95 Å². The quantitative estimate of drug-likeness (QED) is 0.796. The Labute approximate surface area is 160 Å². The van der Waals surface area contributed by atoms with E-state index in [1.54, 1.807) is 10.6 Å². The maximum absolute atomic E-state index is 12.6. The van der Waals surface area contributed by atoms with Gasteiger partial charge in [-0.3, -0.25) is 19.7 Å². The van der Waals surface area contributed by atoms with E-state index < -0.39 is 0 Å². The van der Waals surface area contributed by atoms with Gasteiger partial charge in [-0.05, 0) is 52.1 Å². The minimum Gasteiger partial charge on any atom is -0.335 e. The Morgan fingerprint density at radius 2 is 2.11 bits per heavy atom. The monoisotopic (exact) mass is 370 g/mol. The van der Waals surface area contributed by atoms with Crippen LogP contribution < -0.4 is 16.2 Å². The van der Waals surface area contributed by atoms with Crippen molar-refractivity contribution in [2.75, 3.05) is 31.5 Å². The molecule has 146 valence electrons. The van der Waals surface area contributed by atoms with Gasteiger partial charge in [-0.2, -0.15) is 0 Å². The van der Waals surface area contributed by atoms with E-state index in [9.17, 15) is 4.79 Å². The van der Waals surface area contributed by atoms with E-state index in [2.05, 4.69) is 32.7 Å². The van der Waals surface area contributed by atoms with Gasteiger partial charge in [0.2, 0.25) is 5.95 Å². The van der Waals surface area contributed by atoms with Crippen LogP contribution in [0.15, 0.2) is 28.0 Å². The molecule has 0 unspecified atom stereocenters. The number of aromatic nitrogens is 2. The first kappa shape index (κ1) is 18.2. The van der Waals surface area contributed by atoms with Gasteiger partial charge in [-0.1, -0.05) is 18.6 Å². The molecule has 0 spiro atoms. The molecule has 4 rings (SSSR count). The number of nitrogens with one attached hydrogen (secondary N) is 2. The van der Waals surface area contributed by atoms with Crippen molar-refractivity contribution < 1.29 is 0 Å². The van der Waals surface area contributed by atoms with Gasteiger partial charge in [0.1, 0.15) is 6.17 Å². The number of aliphatic imine (C=N–C) groups is 1. The van der Waals surface area contributed by atoms with E-state index in [0.29, 0.717) is 11.9 Å². The number of nitrogens with zero attached hydrogens (tertiary/aromatic N) is 4. The van der Waals surface area contributed by atoms with E-state index in [4.69, 9.17) is 4.99 Å². The molecule has 0 radical (unpaired) electrons. The Hall–Kier alpha value is -2.15. The average Bonchev–Trinajstić information content (AvgIpc) is 2.68. The molecule has 7 nitrogen and oxygen atoms in total. The van der Waals surface area contributed by atoms with Gasteiger partial charge >= 0.3 is 0 Å². The van der Waals surface area contributed by atoms with Crippen LogP contribution in [0, 0.1) is 12.8 Å². The normalized spacial score (nSPS) is 27.1. The highest BCUT2D eigenvalue weighted by Crippen LogP contribution is 2.30. The van der Waals surface area contributed by atoms with Crippen molar-refractivity contribution in [3.8, 4) is 0 Å². The molecule has 0 amide bonds. The molecule has 1 aromatic heterocycles. The van der Waals surface area contributed by atoms with Crippen LogP contribution in [0.25, 0.3) is 0 Å². The molecule has 2 aliphatic heterocycles. The number of aryl methyl sites for hydroxylation is 1. The molecule has 2 atom stereocenters. The fraction of sp³-hybridized carbons (Fsp3) is 0.650. The lowest BCUT2D eigenvalue weighted by molar-refractivity contribution is 0.234. The number of allylic oxidation sites excluding steroid dienone is 2. The van der Waals surface area contributed by atoms with Crippen molar-refractivity contribution in [3.05, 3.63) is 34.3 Å². The lowest BCUT2D eigenvalue weighted by atomic mass is 9.91. The first-order valence-electron chi connectivity index (χ1n) is 10.3. The molecule has 1 saturated heterocycles. The number of hydrogen-bond acceptors (Lipinski definition) is 4.